The summed E-state index contributed by atoms with van der Waals surface area (Å²) < 4.78 is 0. The summed E-state index contributed by atoms with van der Waals surface area (Å²) in [7, 11) is 1.85. The fraction of sp³-hybridized carbons (Fsp3) is 0.467. The van der Waals surface area contributed by atoms with Crippen molar-refractivity contribution in [2.75, 3.05) is 18.6 Å². The highest BCUT2D eigenvalue weighted by molar-refractivity contribution is 8.14. The van der Waals surface area contributed by atoms with E-state index in [1.54, 1.807) is 23.5 Å². The molecule has 2 heterocycles. The van der Waals surface area contributed by atoms with Crippen molar-refractivity contribution in [3.63, 3.8) is 0 Å². The Balaban J connectivity index is 1.80. The lowest BCUT2D eigenvalue weighted by molar-refractivity contribution is -0.141. The molecule has 0 bridgehead atoms. The number of carboxylic acid groups (broad SMARTS) is 1. The van der Waals surface area contributed by atoms with Gasteiger partial charge in [-0.25, -0.2) is 0 Å². The number of hydrogen-bond donors (Lipinski definition) is 2. The molecule has 2 aliphatic heterocycles. The van der Waals surface area contributed by atoms with Crippen LogP contribution in [0, 0.1) is 6.92 Å². The molecule has 0 amide bonds. The van der Waals surface area contributed by atoms with Gasteiger partial charge in [-0.2, -0.15) is 0 Å². The Morgan fingerprint density at radius 3 is 2.86 bits per heavy atom. The van der Waals surface area contributed by atoms with Gasteiger partial charge >= 0.3 is 5.97 Å². The van der Waals surface area contributed by atoms with Gasteiger partial charge < -0.3 is 10.2 Å². The van der Waals surface area contributed by atoms with Gasteiger partial charge in [-0.05, 0) is 25.6 Å². The largest absolute Gasteiger partial charge is 0.507 e. The summed E-state index contributed by atoms with van der Waals surface area (Å²) in [5, 5.41) is 20.3. The molecule has 0 aliphatic carbocycles. The molecule has 2 aliphatic rings. The normalized spacial score (nSPS) is 28.8. The Morgan fingerprint density at radius 1 is 1.41 bits per heavy atom. The average molecular weight is 338 g/mol. The quantitative estimate of drug-likeness (QED) is 0.878. The van der Waals surface area contributed by atoms with Crippen LogP contribution in [0.25, 0.3) is 0 Å². The van der Waals surface area contributed by atoms with Gasteiger partial charge in [0.05, 0.1) is 11.4 Å². The first-order valence-corrected chi connectivity index (χ1v) is 9.08. The number of likely N-dealkylation sites (N-methyl/N-ethyl adjacent to an activating group) is 1. The smallest absolute Gasteiger partial charge is 0.321 e. The number of carboxylic acids is 1. The maximum Gasteiger partial charge on any atom is 0.321 e. The minimum Gasteiger partial charge on any atom is -0.507 e. The van der Waals surface area contributed by atoms with Crippen LogP contribution in [0.3, 0.4) is 0 Å². The minimum absolute atomic E-state index is 0.0549. The minimum atomic E-state index is -0.774. The third-order valence-corrected chi connectivity index (χ3v) is 6.68. The van der Waals surface area contributed by atoms with Crippen molar-refractivity contribution in [2.45, 2.75) is 24.4 Å². The zero-order valence-electron chi connectivity index (χ0n) is 12.4. The van der Waals surface area contributed by atoms with Crippen LogP contribution in [-0.4, -0.2) is 62.1 Å². The molecule has 5 nitrogen and oxygen atoms in total. The number of aryl methyl sites for hydroxylation is 1. The molecule has 0 spiro atoms. The molecule has 1 saturated heterocycles. The van der Waals surface area contributed by atoms with E-state index in [2.05, 4.69) is 0 Å². The first-order chi connectivity index (χ1) is 10.5. The van der Waals surface area contributed by atoms with Crippen molar-refractivity contribution >= 4 is 34.5 Å². The number of aliphatic imine (C=N–C) groups is 1. The zero-order valence-corrected chi connectivity index (χ0v) is 14.0. The van der Waals surface area contributed by atoms with E-state index in [1.165, 1.54) is 0 Å². The summed E-state index contributed by atoms with van der Waals surface area (Å²) >= 11 is 3.28. The first-order valence-electron chi connectivity index (χ1n) is 7.05. The maximum atomic E-state index is 11.2. The van der Waals surface area contributed by atoms with E-state index in [1.807, 2.05) is 37.1 Å². The standard InChI is InChI=1S/C15H18N2O3S2/c1-8-4-3-5-9(12(8)18)13-16-10(6-21-13)14-17(2)11(7-22-14)15(19)20/h3-5,10-11,14,18H,6-7H2,1-2H3,(H,19,20)/t10?,11-,14+/m1/s1. The number of aliphatic carboxylic acids is 1. The summed E-state index contributed by atoms with van der Waals surface area (Å²) in [4.78, 5) is 17.9. The second-order valence-electron chi connectivity index (χ2n) is 5.53. The molecule has 0 aromatic heterocycles. The van der Waals surface area contributed by atoms with Crippen LogP contribution in [-0.2, 0) is 4.79 Å². The van der Waals surface area contributed by atoms with Gasteiger partial charge in [-0.3, -0.25) is 14.7 Å². The van der Waals surface area contributed by atoms with E-state index in [4.69, 9.17) is 4.99 Å². The molecular weight excluding hydrogens is 320 g/mol. The number of carbonyl (C=O) groups is 1. The zero-order chi connectivity index (χ0) is 15.9. The van der Waals surface area contributed by atoms with Crippen LogP contribution >= 0.6 is 23.5 Å². The fourth-order valence-corrected chi connectivity index (χ4v) is 5.50. The number of thioether (sulfide) groups is 2. The fourth-order valence-electron chi connectivity index (χ4n) is 2.74. The molecule has 3 atom stereocenters. The number of hydrogen-bond acceptors (Lipinski definition) is 6. The van der Waals surface area contributed by atoms with Gasteiger partial charge in [-0.15, -0.1) is 23.5 Å². The van der Waals surface area contributed by atoms with Crippen LogP contribution in [0.2, 0.25) is 0 Å². The van der Waals surface area contributed by atoms with Crippen molar-refractivity contribution in [2.24, 2.45) is 4.99 Å². The summed E-state index contributed by atoms with van der Waals surface area (Å²) in [6, 6.07) is 5.28. The van der Waals surface area contributed by atoms with E-state index in [-0.39, 0.29) is 17.2 Å². The highest BCUT2D eigenvalue weighted by Gasteiger charge is 2.41. The van der Waals surface area contributed by atoms with Gasteiger partial charge in [0.15, 0.2) is 0 Å². The summed E-state index contributed by atoms with van der Waals surface area (Å²) in [6.07, 6.45) is 0. The van der Waals surface area contributed by atoms with Crippen molar-refractivity contribution in [1.82, 2.24) is 4.90 Å². The van der Waals surface area contributed by atoms with E-state index in [0.29, 0.717) is 5.75 Å². The number of aromatic hydroxyl groups is 1. The molecule has 1 fully saturated rings. The second-order valence-corrected chi connectivity index (χ2v) is 7.69. The summed E-state index contributed by atoms with van der Waals surface area (Å²) in [5.41, 5.74) is 1.61. The monoisotopic (exact) mass is 338 g/mol. The number of benzene rings is 1. The molecule has 118 valence electrons. The number of nitrogens with zero attached hydrogens (tertiary/aromatic N) is 2. The molecule has 22 heavy (non-hydrogen) atoms. The molecule has 0 saturated carbocycles. The van der Waals surface area contributed by atoms with E-state index in [0.717, 1.165) is 21.9 Å². The van der Waals surface area contributed by atoms with Crippen LogP contribution < -0.4 is 0 Å². The average Bonchev–Trinajstić information content (AvgIpc) is 3.08. The van der Waals surface area contributed by atoms with Crippen molar-refractivity contribution in [3.8, 4) is 5.75 Å². The van der Waals surface area contributed by atoms with Crippen LogP contribution in [0.1, 0.15) is 11.1 Å². The number of para-hydroxylation sites is 1. The van der Waals surface area contributed by atoms with E-state index < -0.39 is 12.0 Å². The Kier molecular flexibility index (Phi) is 4.38. The molecule has 2 N–H and O–H groups in total. The molecular formula is C15H18N2O3S2. The molecule has 1 aromatic rings. The predicted octanol–water partition coefficient (Wildman–Crippen LogP) is 2.02. The van der Waals surface area contributed by atoms with Gasteiger partial charge in [0, 0.05) is 17.1 Å². The second kappa shape index (κ2) is 6.14. The van der Waals surface area contributed by atoms with Gasteiger partial charge in [-0.1, -0.05) is 12.1 Å². The molecule has 7 heteroatoms. The summed E-state index contributed by atoms with van der Waals surface area (Å²) in [6.45, 7) is 1.87. The van der Waals surface area contributed by atoms with Crippen LogP contribution in [0.4, 0.5) is 0 Å². The lowest BCUT2D eigenvalue weighted by Crippen LogP contribution is -2.42. The topological polar surface area (TPSA) is 73.1 Å². The van der Waals surface area contributed by atoms with Gasteiger partial charge in [0.1, 0.15) is 16.8 Å². The predicted molar refractivity (Wildman–Crippen MR) is 91.1 cm³/mol. The SMILES string of the molecule is Cc1cccc(C2=NC([C@@H]3SC[C@H](C(=O)O)N3C)CS2)c1O. The van der Waals surface area contributed by atoms with Crippen molar-refractivity contribution < 1.29 is 15.0 Å². The highest BCUT2D eigenvalue weighted by Crippen LogP contribution is 2.38. The Hall–Kier alpha value is -1.18. The number of phenolic OH excluding ortho intramolecular Hbond substituents is 1. The maximum absolute atomic E-state index is 11.2. The highest BCUT2D eigenvalue weighted by atomic mass is 32.2. The van der Waals surface area contributed by atoms with Crippen LogP contribution in [0.15, 0.2) is 23.2 Å². The number of rotatable bonds is 3. The molecule has 3 rings (SSSR count). The van der Waals surface area contributed by atoms with Crippen molar-refractivity contribution in [3.05, 3.63) is 29.3 Å². The van der Waals surface area contributed by atoms with Gasteiger partial charge in [0.2, 0.25) is 0 Å². The number of phenols is 1. The van der Waals surface area contributed by atoms with Crippen molar-refractivity contribution in [1.29, 1.82) is 0 Å². The lowest BCUT2D eigenvalue weighted by atomic mass is 10.1. The third-order valence-electron chi connectivity index (χ3n) is 4.07. The Labute approximate surface area is 137 Å². The first kappa shape index (κ1) is 15.7. The Morgan fingerprint density at radius 2 is 2.18 bits per heavy atom. The lowest BCUT2D eigenvalue weighted by Gasteiger charge is -2.24. The summed E-state index contributed by atoms with van der Waals surface area (Å²) in [5.74, 6) is 0.920. The van der Waals surface area contributed by atoms with Gasteiger partial charge in [0.25, 0.3) is 0 Å². The van der Waals surface area contributed by atoms with Crippen LogP contribution in [0.5, 0.6) is 5.75 Å². The molecule has 0 radical (unpaired) electrons. The molecule has 1 unspecified atom stereocenters. The van der Waals surface area contributed by atoms with E-state index in [9.17, 15) is 15.0 Å². The van der Waals surface area contributed by atoms with E-state index >= 15 is 0 Å². The Bertz CT molecular complexity index is 635. The molecule has 1 aromatic carbocycles. The third kappa shape index (κ3) is 2.73.